The van der Waals surface area contributed by atoms with E-state index in [1.807, 2.05) is 24.3 Å². The van der Waals surface area contributed by atoms with Gasteiger partial charge in [-0.05, 0) is 34.1 Å². The van der Waals surface area contributed by atoms with E-state index in [0.717, 1.165) is 10.0 Å². The first-order chi connectivity index (χ1) is 8.68. The fourth-order valence-corrected chi connectivity index (χ4v) is 2.19. The summed E-state index contributed by atoms with van der Waals surface area (Å²) in [5.74, 6) is -0.397. The summed E-state index contributed by atoms with van der Waals surface area (Å²) < 4.78 is 6.64. The van der Waals surface area contributed by atoms with Crippen LogP contribution in [-0.2, 0) is 11.3 Å². The summed E-state index contributed by atoms with van der Waals surface area (Å²) >= 11 is 6.62. The van der Waals surface area contributed by atoms with Crippen LogP contribution in [0.25, 0.3) is 0 Å². The number of nitrogens with zero attached hydrogens (tertiary/aromatic N) is 1. The molecule has 0 fully saturated rings. The maximum absolute atomic E-state index is 11.8. The van der Waals surface area contributed by atoms with Crippen LogP contribution in [-0.4, -0.2) is 11.0 Å². The Bertz CT molecular complexity index is 572. The molecule has 0 N–H and O–H groups in total. The van der Waals surface area contributed by atoms with Crippen molar-refractivity contribution in [3.63, 3.8) is 0 Å². The highest BCUT2D eigenvalue weighted by atomic mass is 79.9. The minimum absolute atomic E-state index is 0.224. The lowest BCUT2D eigenvalue weighted by atomic mass is 10.2. The van der Waals surface area contributed by atoms with Crippen LogP contribution in [0.15, 0.2) is 51.7 Å². The maximum Gasteiger partial charge on any atom is 0.341 e. The molecule has 0 aliphatic rings. The number of ether oxygens (including phenoxy) is 1. The van der Waals surface area contributed by atoms with Crippen LogP contribution in [0, 0.1) is 0 Å². The first kappa shape index (κ1) is 13.2. The minimum Gasteiger partial charge on any atom is -0.457 e. The zero-order chi connectivity index (χ0) is 13.0. The van der Waals surface area contributed by atoms with Crippen molar-refractivity contribution < 1.29 is 9.53 Å². The molecular weight excluding hydrogens is 362 g/mol. The highest BCUT2D eigenvalue weighted by Crippen LogP contribution is 2.18. The van der Waals surface area contributed by atoms with Crippen LogP contribution in [0.1, 0.15) is 15.9 Å². The van der Waals surface area contributed by atoms with Crippen molar-refractivity contribution in [2.24, 2.45) is 0 Å². The number of carbonyl (C=O) groups is 1. The lowest BCUT2D eigenvalue weighted by Gasteiger charge is -2.07. The van der Waals surface area contributed by atoms with Crippen LogP contribution < -0.4 is 0 Å². The van der Waals surface area contributed by atoms with Gasteiger partial charge in [0, 0.05) is 16.2 Å². The number of carbonyl (C=O) groups excluding carboxylic acids is 1. The van der Waals surface area contributed by atoms with Crippen LogP contribution in [0.2, 0.25) is 0 Å². The molecule has 0 amide bonds. The second kappa shape index (κ2) is 6.11. The highest BCUT2D eigenvalue weighted by molar-refractivity contribution is 9.10. The fourth-order valence-electron chi connectivity index (χ4n) is 1.37. The van der Waals surface area contributed by atoms with Gasteiger partial charge in [-0.3, -0.25) is 0 Å². The molecule has 0 atom stereocenters. The van der Waals surface area contributed by atoms with Crippen molar-refractivity contribution in [2.75, 3.05) is 0 Å². The molecule has 0 aliphatic heterocycles. The second-order valence-electron chi connectivity index (χ2n) is 3.51. The highest BCUT2D eigenvalue weighted by Gasteiger charge is 2.12. The summed E-state index contributed by atoms with van der Waals surface area (Å²) in [4.78, 5) is 15.8. The first-order valence-corrected chi connectivity index (χ1v) is 6.78. The Labute approximate surface area is 121 Å². The van der Waals surface area contributed by atoms with Crippen molar-refractivity contribution in [2.45, 2.75) is 6.61 Å². The Morgan fingerprint density at radius 3 is 2.67 bits per heavy atom. The quantitative estimate of drug-likeness (QED) is 0.606. The number of pyridine rings is 1. The van der Waals surface area contributed by atoms with Gasteiger partial charge in [-0.25, -0.2) is 9.78 Å². The summed E-state index contributed by atoms with van der Waals surface area (Å²) in [6.45, 7) is 0.224. The summed E-state index contributed by atoms with van der Waals surface area (Å²) in [5, 5.41) is 0. The zero-order valence-electron chi connectivity index (χ0n) is 9.27. The standard InChI is InChI=1S/C13H9Br2NO2/c14-11-6-2-1-4-9(11)8-18-13(17)10-5-3-7-16-12(10)15/h1-7H,8H2. The molecule has 5 heteroatoms. The molecule has 0 bridgehead atoms. The van der Waals surface area contributed by atoms with Crippen LogP contribution in [0.4, 0.5) is 0 Å². The van der Waals surface area contributed by atoms with E-state index >= 15 is 0 Å². The van der Waals surface area contributed by atoms with E-state index in [1.54, 1.807) is 18.3 Å². The van der Waals surface area contributed by atoms with Crippen molar-refractivity contribution in [1.29, 1.82) is 0 Å². The smallest absolute Gasteiger partial charge is 0.341 e. The number of benzene rings is 1. The van der Waals surface area contributed by atoms with Crippen molar-refractivity contribution in [1.82, 2.24) is 4.98 Å². The molecule has 0 saturated heterocycles. The van der Waals surface area contributed by atoms with Gasteiger partial charge in [0.15, 0.2) is 0 Å². The Balaban J connectivity index is 2.06. The molecule has 1 aromatic carbocycles. The molecule has 2 rings (SSSR count). The number of esters is 1. The molecule has 0 saturated carbocycles. The van der Waals surface area contributed by atoms with Crippen LogP contribution in [0.3, 0.4) is 0 Å². The lowest BCUT2D eigenvalue weighted by molar-refractivity contribution is 0.0470. The van der Waals surface area contributed by atoms with E-state index in [4.69, 9.17) is 4.74 Å². The predicted molar refractivity (Wildman–Crippen MR) is 75.2 cm³/mol. The maximum atomic E-state index is 11.8. The molecule has 18 heavy (non-hydrogen) atoms. The van der Waals surface area contributed by atoms with Gasteiger partial charge in [0.05, 0.1) is 5.56 Å². The molecule has 1 aromatic heterocycles. The average Bonchev–Trinajstić information content (AvgIpc) is 2.38. The van der Waals surface area contributed by atoms with E-state index in [1.165, 1.54) is 0 Å². The average molecular weight is 371 g/mol. The number of hydrogen-bond acceptors (Lipinski definition) is 3. The Morgan fingerprint density at radius 1 is 1.17 bits per heavy atom. The second-order valence-corrected chi connectivity index (χ2v) is 5.11. The third-order valence-corrected chi connectivity index (χ3v) is 3.70. The molecule has 0 aliphatic carbocycles. The molecule has 0 unspecified atom stereocenters. The minimum atomic E-state index is -0.397. The van der Waals surface area contributed by atoms with Crippen molar-refractivity contribution in [3.8, 4) is 0 Å². The summed E-state index contributed by atoms with van der Waals surface area (Å²) in [5.41, 5.74) is 1.34. The number of aromatic nitrogens is 1. The molecule has 0 radical (unpaired) electrons. The predicted octanol–water partition coefficient (Wildman–Crippen LogP) is 3.96. The summed E-state index contributed by atoms with van der Waals surface area (Å²) in [6, 6.07) is 11.0. The van der Waals surface area contributed by atoms with Gasteiger partial charge < -0.3 is 4.74 Å². The first-order valence-electron chi connectivity index (χ1n) is 5.19. The SMILES string of the molecule is O=C(OCc1ccccc1Br)c1cccnc1Br. The Morgan fingerprint density at radius 2 is 1.94 bits per heavy atom. The number of hydrogen-bond donors (Lipinski definition) is 0. The number of halogens is 2. The molecule has 1 heterocycles. The lowest BCUT2D eigenvalue weighted by Crippen LogP contribution is -2.07. The Kier molecular flexibility index (Phi) is 4.49. The monoisotopic (exact) mass is 369 g/mol. The van der Waals surface area contributed by atoms with Gasteiger partial charge in [0.1, 0.15) is 11.2 Å². The molecule has 2 aromatic rings. The number of rotatable bonds is 3. The van der Waals surface area contributed by atoms with Gasteiger partial charge >= 0.3 is 5.97 Å². The van der Waals surface area contributed by atoms with Crippen LogP contribution in [0.5, 0.6) is 0 Å². The van der Waals surface area contributed by atoms with Gasteiger partial charge in [-0.2, -0.15) is 0 Å². The topological polar surface area (TPSA) is 39.2 Å². The van der Waals surface area contributed by atoms with Gasteiger partial charge in [0.25, 0.3) is 0 Å². The molecule has 92 valence electrons. The van der Waals surface area contributed by atoms with Gasteiger partial charge in [-0.1, -0.05) is 34.1 Å². The van der Waals surface area contributed by atoms with Crippen LogP contribution >= 0.6 is 31.9 Å². The van der Waals surface area contributed by atoms with E-state index in [9.17, 15) is 4.79 Å². The van der Waals surface area contributed by atoms with Gasteiger partial charge in [0.2, 0.25) is 0 Å². The van der Waals surface area contributed by atoms with E-state index in [-0.39, 0.29) is 6.61 Å². The molecular formula is C13H9Br2NO2. The van der Waals surface area contributed by atoms with E-state index in [2.05, 4.69) is 36.8 Å². The zero-order valence-corrected chi connectivity index (χ0v) is 12.4. The van der Waals surface area contributed by atoms with Crippen molar-refractivity contribution in [3.05, 3.63) is 62.8 Å². The Hall–Kier alpha value is -1.20. The summed E-state index contributed by atoms with van der Waals surface area (Å²) in [7, 11) is 0. The third-order valence-electron chi connectivity index (χ3n) is 2.30. The summed E-state index contributed by atoms with van der Waals surface area (Å²) in [6.07, 6.45) is 1.61. The largest absolute Gasteiger partial charge is 0.457 e. The van der Waals surface area contributed by atoms with Crippen molar-refractivity contribution >= 4 is 37.8 Å². The molecule has 0 spiro atoms. The third kappa shape index (κ3) is 3.17. The van der Waals surface area contributed by atoms with Gasteiger partial charge in [-0.15, -0.1) is 0 Å². The molecule has 3 nitrogen and oxygen atoms in total. The van der Waals surface area contributed by atoms with E-state index in [0.29, 0.717) is 10.2 Å². The van der Waals surface area contributed by atoms with E-state index < -0.39 is 5.97 Å². The fraction of sp³-hybridized carbons (Fsp3) is 0.0769. The normalized spacial score (nSPS) is 10.1.